The Morgan fingerprint density at radius 1 is 1.06 bits per heavy atom. The zero-order valence-corrected chi connectivity index (χ0v) is 12.6. The molecular formula is C12H26BrNO3. The number of halogens is 1. The molecule has 0 aromatic heterocycles. The van der Waals surface area contributed by atoms with Crippen molar-refractivity contribution in [3.05, 3.63) is 0 Å². The number of methoxy groups -OCH3 is 1. The molecule has 0 aromatic rings. The first kappa shape index (κ1) is 17.3. The molecule has 0 fully saturated rings. The average molecular weight is 312 g/mol. The van der Waals surface area contributed by atoms with Crippen LogP contribution in [0.25, 0.3) is 0 Å². The second kappa shape index (κ2) is 14.4. The smallest absolute Gasteiger partial charge is 0.0701 e. The molecule has 1 atom stereocenters. The molecule has 17 heavy (non-hydrogen) atoms. The third-order valence-electron chi connectivity index (χ3n) is 2.43. The van der Waals surface area contributed by atoms with Gasteiger partial charge in [-0.1, -0.05) is 22.9 Å². The molecule has 1 N–H and O–H groups in total. The Labute approximate surface area is 114 Å². The number of rotatable bonds is 13. The van der Waals surface area contributed by atoms with Gasteiger partial charge in [0.25, 0.3) is 0 Å². The van der Waals surface area contributed by atoms with E-state index in [0.717, 1.165) is 31.3 Å². The Balaban J connectivity index is 3.11. The Bertz CT molecular complexity index is 150. The molecule has 0 rings (SSSR count). The van der Waals surface area contributed by atoms with E-state index in [4.69, 9.17) is 14.2 Å². The predicted octanol–water partition coefficient (Wildman–Crippen LogP) is 1.82. The number of alkyl halides is 1. The van der Waals surface area contributed by atoms with E-state index in [2.05, 4.69) is 28.2 Å². The van der Waals surface area contributed by atoms with Gasteiger partial charge in [-0.15, -0.1) is 0 Å². The maximum atomic E-state index is 5.45. The van der Waals surface area contributed by atoms with E-state index in [1.165, 1.54) is 0 Å². The van der Waals surface area contributed by atoms with Crippen LogP contribution in [0, 0.1) is 0 Å². The van der Waals surface area contributed by atoms with Gasteiger partial charge in [-0.3, -0.25) is 0 Å². The standard InChI is InChI=1S/C12H26BrNO3/c1-3-12(4-5-13)14-6-7-16-10-11-17-9-8-15-2/h12,14H,3-11H2,1-2H3. The predicted molar refractivity (Wildman–Crippen MR) is 74.0 cm³/mol. The quantitative estimate of drug-likeness (QED) is 0.416. The summed E-state index contributed by atoms with van der Waals surface area (Å²) in [5.41, 5.74) is 0. The summed E-state index contributed by atoms with van der Waals surface area (Å²) >= 11 is 3.46. The van der Waals surface area contributed by atoms with E-state index in [0.29, 0.717) is 32.5 Å². The molecule has 0 aliphatic rings. The molecule has 0 saturated heterocycles. The molecule has 0 spiro atoms. The number of ether oxygens (including phenoxy) is 3. The SMILES string of the molecule is CCC(CCBr)NCCOCCOCCOC. The third kappa shape index (κ3) is 12.6. The molecule has 0 bridgehead atoms. The minimum Gasteiger partial charge on any atom is -0.382 e. The molecule has 0 heterocycles. The maximum absolute atomic E-state index is 5.45. The fraction of sp³-hybridized carbons (Fsp3) is 1.00. The van der Waals surface area contributed by atoms with Crippen molar-refractivity contribution in [3.63, 3.8) is 0 Å². The molecule has 104 valence electrons. The summed E-state index contributed by atoms with van der Waals surface area (Å²) in [7, 11) is 1.67. The van der Waals surface area contributed by atoms with E-state index in [1.807, 2.05) is 0 Å². The minimum atomic E-state index is 0.593. The summed E-state index contributed by atoms with van der Waals surface area (Å²) < 4.78 is 15.6. The van der Waals surface area contributed by atoms with Gasteiger partial charge in [0.05, 0.1) is 33.0 Å². The Morgan fingerprint density at radius 3 is 2.29 bits per heavy atom. The second-order valence-electron chi connectivity index (χ2n) is 3.75. The normalized spacial score (nSPS) is 12.9. The number of hydrogen-bond donors (Lipinski definition) is 1. The Morgan fingerprint density at radius 2 is 1.71 bits per heavy atom. The lowest BCUT2D eigenvalue weighted by Gasteiger charge is -2.15. The van der Waals surface area contributed by atoms with E-state index in [1.54, 1.807) is 7.11 Å². The van der Waals surface area contributed by atoms with E-state index < -0.39 is 0 Å². The summed E-state index contributed by atoms with van der Waals surface area (Å²) in [5.74, 6) is 0. The van der Waals surface area contributed by atoms with Gasteiger partial charge in [-0.2, -0.15) is 0 Å². The molecule has 0 radical (unpaired) electrons. The second-order valence-corrected chi connectivity index (χ2v) is 4.55. The van der Waals surface area contributed by atoms with Crippen LogP contribution < -0.4 is 5.32 Å². The molecular weight excluding hydrogens is 286 g/mol. The van der Waals surface area contributed by atoms with E-state index >= 15 is 0 Å². The van der Waals surface area contributed by atoms with Crippen molar-refractivity contribution >= 4 is 15.9 Å². The molecule has 4 nitrogen and oxygen atoms in total. The van der Waals surface area contributed by atoms with Crippen LogP contribution in [0.1, 0.15) is 19.8 Å². The third-order valence-corrected chi connectivity index (χ3v) is 2.89. The Hall–Kier alpha value is 0.320. The highest BCUT2D eigenvalue weighted by Gasteiger charge is 2.02. The molecule has 0 aromatic carbocycles. The van der Waals surface area contributed by atoms with Crippen LogP contribution in [0.4, 0.5) is 0 Å². The highest BCUT2D eigenvalue weighted by atomic mass is 79.9. The van der Waals surface area contributed by atoms with Crippen LogP contribution in [-0.4, -0.2) is 58.1 Å². The van der Waals surface area contributed by atoms with Gasteiger partial charge in [0.15, 0.2) is 0 Å². The minimum absolute atomic E-state index is 0.593. The summed E-state index contributed by atoms with van der Waals surface area (Å²) in [6.07, 6.45) is 2.32. The van der Waals surface area contributed by atoms with Gasteiger partial charge in [-0.25, -0.2) is 0 Å². The van der Waals surface area contributed by atoms with Crippen molar-refractivity contribution in [3.8, 4) is 0 Å². The van der Waals surface area contributed by atoms with Crippen molar-refractivity contribution in [2.75, 3.05) is 52.0 Å². The van der Waals surface area contributed by atoms with Crippen LogP contribution >= 0.6 is 15.9 Å². The fourth-order valence-corrected chi connectivity index (χ4v) is 1.93. The summed E-state index contributed by atoms with van der Waals surface area (Å²) in [6.45, 7) is 6.43. The lowest BCUT2D eigenvalue weighted by atomic mass is 10.2. The first-order valence-corrected chi connectivity index (χ1v) is 7.41. The number of nitrogens with one attached hydrogen (secondary N) is 1. The van der Waals surface area contributed by atoms with Crippen molar-refractivity contribution in [2.24, 2.45) is 0 Å². The summed E-state index contributed by atoms with van der Waals surface area (Å²) in [4.78, 5) is 0. The van der Waals surface area contributed by atoms with Crippen molar-refractivity contribution in [1.82, 2.24) is 5.32 Å². The Kier molecular flexibility index (Phi) is 14.7. The molecule has 1 unspecified atom stereocenters. The highest BCUT2D eigenvalue weighted by Crippen LogP contribution is 1.99. The maximum Gasteiger partial charge on any atom is 0.0701 e. The first-order valence-electron chi connectivity index (χ1n) is 6.28. The van der Waals surface area contributed by atoms with Gasteiger partial charge >= 0.3 is 0 Å². The largest absolute Gasteiger partial charge is 0.382 e. The van der Waals surface area contributed by atoms with Crippen LogP contribution in [0.15, 0.2) is 0 Å². The van der Waals surface area contributed by atoms with Gasteiger partial charge in [-0.05, 0) is 12.8 Å². The van der Waals surface area contributed by atoms with Crippen LogP contribution in [0.5, 0.6) is 0 Å². The molecule has 0 saturated carbocycles. The van der Waals surface area contributed by atoms with Crippen molar-refractivity contribution < 1.29 is 14.2 Å². The van der Waals surface area contributed by atoms with Gasteiger partial charge in [0, 0.05) is 25.0 Å². The zero-order valence-electron chi connectivity index (χ0n) is 11.0. The van der Waals surface area contributed by atoms with Crippen LogP contribution in [0.2, 0.25) is 0 Å². The van der Waals surface area contributed by atoms with Crippen molar-refractivity contribution in [1.29, 1.82) is 0 Å². The van der Waals surface area contributed by atoms with Gasteiger partial charge < -0.3 is 19.5 Å². The summed E-state index contributed by atoms with van der Waals surface area (Å²) in [5, 5.41) is 4.51. The van der Waals surface area contributed by atoms with Gasteiger partial charge in [0.2, 0.25) is 0 Å². The molecule has 5 heteroatoms. The topological polar surface area (TPSA) is 39.7 Å². The average Bonchev–Trinajstić information content (AvgIpc) is 2.35. The first-order chi connectivity index (χ1) is 8.35. The summed E-state index contributed by atoms with van der Waals surface area (Å²) in [6, 6.07) is 0.593. The van der Waals surface area contributed by atoms with Crippen LogP contribution in [-0.2, 0) is 14.2 Å². The molecule has 0 aliphatic carbocycles. The van der Waals surface area contributed by atoms with Gasteiger partial charge in [0.1, 0.15) is 0 Å². The van der Waals surface area contributed by atoms with E-state index in [9.17, 15) is 0 Å². The highest BCUT2D eigenvalue weighted by molar-refractivity contribution is 9.09. The van der Waals surface area contributed by atoms with E-state index in [-0.39, 0.29) is 0 Å². The van der Waals surface area contributed by atoms with Crippen LogP contribution in [0.3, 0.4) is 0 Å². The van der Waals surface area contributed by atoms with Crippen molar-refractivity contribution in [2.45, 2.75) is 25.8 Å². The molecule has 0 aliphatic heterocycles. The zero-order chi connectivity index (χ0) is 12.8. The lowest BCUT2D eigenvalue weighted by Crippen LogP contribution is -2.32. The number of hydrogen-bond acceptors (Lipinski definition) is 4. The monoisotopic (exact) mass is 311 g/mol. The molecule has 0 amide bonds. The fourth-order valence-electron chi connectivity index (χ4n) is 1.38. The lowest BCUT2D eigenvalue weighted by molar-refractivity contribution is 0.0252.